The van der Waals surface area contributed by atoms with Crippen molar-refractivity contribution >= 4 is 17.0 Å². The van der Waals surface area contributed by atoms with Gasteiger partial charge in [0.05, 0.1) is 17.5 Å². The largest absolute Gasteiger partial charge is 0.456 e. The van der Waals surface area contributed by atoms with Crippen LogP contribution in [-0.4, -0.2) is 60.2 Å². The van der Waals surface area contributed by atoms with Gasteiger partial charge in [0.2, 0.25) is 0 Å². The molecule has 0 radical (unpaired) electrons. The van der Waals surface area contributed by atoms with Gasteiger partial charge in [-0.25, -0.2) is 18.6 Å². The number of nitrogens with zero attached hydrogens (tertiary/aromatic N) is 2. The van der Waals surface area contributed by atoms with Crippen LogP contribution in [-0.2, 0) is 26.6 Å². The Morgan fingerprint density at radius 1 is 1.26 bits per heavy atom. The van der Waals surface area contributed by atoms with Crippen molar-refractivity contribution in [3.63, 3.8) is 0 Å². The molecule has 1 heterocycles. The Morgan fingerprint density at radius 3 is 2.76 bits per heavy atom. The van der Waals surface area contributed by atoms with Crippen molar-refractivity contribution in [2.75, 3.05) is 33.8 Å². The van der Waals surface area contributed by atoms with Gasteiger partial charge in [-0.15, -0.1) is 0 Å². The summed E-state index contributed by atoms with van der Waals surface area (Å²) in [5.74, 6) is -4.01. The normalized spacial score (nSPS) is 22.2. The maximum atomic E-state index is 15.8. The zero-order valence-electron chi connectivity index (χ0n) is 25.5. The molecule has 1 aliphatic carbocycles. The van der Waals surface area contributed by atoms with E-state index in [1.807, 2.05) is 38.1 Å². The fraction of sp³-hybridized carbons (Fsp3) is 0.533. The summed E-state index contributed by atoms with van der Waals surface area (Å²) < 4.78 is 67.0. The molecular formula is C30H39F2N3O3. The predicted octanol–water partition coefficient (Wildman–Crippen LogP) is 5.99. The van der Waals surface area contributed by atoms with Crippen molar-refractivity contribution in [3.05, 3.63) is 65.0 Å². The van der Waals surface area contributed by atoms with Gasteiger partial charge in [0.25, 0.3) is 5.92 Å². The number of nitrogens with one attached hydrogen (secondary N) is 1. The van der Waals surface area contributed by atoms with E-state index in [1.165, 1.54) is 18.1 Å². The first-order chi connectivity index (χ1) is 19.3. The Labute approximate surface area is 227 Å². The predicted molar refractivity (Wildman–Crippen MR) is 144 cm³/mol. The third-order valence-electron chi connectivity index (χ3n) is 7.36. The number of hydrogen-bond donors (Lipinski definition) is 1. The SMILES string of the molecule is [2H]C([2H])([2H])N(CCCc1nc2ccccc2[nH]1)CC[C@@]1(OC(=O)COC)CC(F)(F)c2cc(C)ccc2[C@@H]1C(C)C. The second-order valence-electron chi connectivity index (χ2n) is 10.7. The maximum absolute atomic E-state index is 15.8. The van der Waals surface area contributed by atoms with Gasteiger partial charge >= 0.3 is 5.97 Å². The van der Waals surface area contributed by atoms with E-state index in [9.17, 15) is 4.79 Å². The first kappa shape index (κ1) is 24.2. The highest BCUT2D eigenvalue weighted by Gasteiger charge is 2.57. The number of aromatic nitrogens is 2. The minimum Gasteiger partial charge on any atom is -0.456 e. The summed E-state index contributed by atoms with van der Waals surface area (Å²) in [5.41, 5.74) is 1.20. The van der Waals surface area contributed by atoms with Crippen LogP contribution in [0.2, 0.25) is 0 Å². The molecule has 0 saturated heterocycles. The molecule has 0 unspecified atom stereocenters. The molecule has 0 fully saturated rings. The van der Waals surface area contributed by atoms with Crippen molar-refractivity contribution in [1.29, 1.82) is 0 Å². The van der Waals surface area contributed by atoms with Crippen molar-refractivity contribution in [1.82, 2.24) is 14.9 Å². The van der Waals surface area contributed by atoms with Gasteiger partial charge in [-0.1, -0.05) is 43.7 Å². The molecule has 1 N–H and O–H groups in total. The van der Waals surface area contributed by atoms with E-state index in [4.69, 9.17) is 13.6 Å². The second-order valence-corrected chi connectivity index (χ2v) is 10.7. The smallest absolute Gasteiger partial charge is 0.332 e. The number of aromatic amines is 1. The standard InChI is InChI=1S/C30H39F2N3O3/c1-20(2)28-22-13-12-21(3)17-23(22)30(31,32)19-29(28,38-27(36)18-37-5)14-16-35(4)15-8-11-26-33-24-9-6-7-10-25(24)34-26/h6-7,9-10,12-13,17,20,28H,8,11,14-16,18-19H2,1-5H3,(H,33,34)/t28-,29+/m0/s1/i4D3. The van der Waals surface area contributed by atoms with E-state index < -0.39 is 36.8 Å². The Hall–Kier alpha value is -2.84. The number of fused-ring (bicyclic) bond motifs is 2. The highest BCUT2D eigenvalue weighted by atomic mass is 19.3. The van der Waals surface area contributed by atoms with E-state index in [0.29, 0.717) is 24.0 Å². The highest BCUT2D eigenvalue weighted by Crippen LogP contribution is 2.55. The topological polar surface area (TPSA) is 67.5 Å². The molecule has 206 valence electrons. The number of imidazole rings is 1. The number of para-hydroxylation sites is 2. The van der Waals surface area contributed by atoms with Crippen molar-refractivity contribution < 1.29 is 27.2 Å². The van der Waals surface area contributed by atoms with Crippen LogP contribution in [0.4, 0.5) is 8.78 Å². The lowest BCUT2D eigenvalue weighted by atomic mass is 9.64. The summed E-state index contributed by atoms with van der Waals surface area (Å²) in [6, 6.07) is 12.6. The third kappa shape index (κ3) is 6.07. The number of halogens is 2. The minimum absolute atomic E-state index is 0.0581. The van der Waals surface area contributed by atoms with E-state index in [2.05, 4.69) is 9.97 Å². The summed E-state index contributed by atoms with van der Waals surface area (Å²) in [6.07, 6.45) is 0.203. The van der Waals surface area contributed by atoms with Crippen LogP contribution in [0.5, 0.6) is 0 Å². The lowest BCUT2D eigenvalue weighted by molar-refractivity contribution is -0.188. The van der Waals surface area contributed by atoms with Crippen molar-refractivity contribution in [2.24, 2.45) is 5.92 Å². The molecule has 0 spiro atoms. The van der Waals surface area contributed by atoms with Gasteiger partial charge in [0.1, 0.15) is 18.0 Å². The fourth-order valence-corrected chi connectivity index (χ4v) is 5.85. The molecule has 2 atom stereocenters. The number of ether oxygens (including phenoxy) is 2. The summed E-state index contributed by atoms with van der Waals surface area (Å²) in [6.45, 7) is 2.86. The average Bonchev–Trinajstić information content (AvgIpc) is 3.28. The van der Waals surface area contributed by atoms with E-state index in [1.54, 1.807) is 19.1 Å². The highest BCUT2D eigenvalue weighted by molar-refractivity contribution is 5.74. The Balaban J connectivity index is 1.61. The number of carbonyl (C=O) groups excluding carboxylic acids is 1. The van der Waals surface area contributed by atoms with E-state index in [0.717, 1.165) is 16.9 Å². The molecule has 0 aliphatic heterocycles. The second kappa shape index (κ2) is 11.5. The quantitative estimate of drug-likeness (QED) is 0.309. The van der Waals surface area contributed by atoms with Crippen LogP contribution in [0.3, 0.4) is 0 Å². The number of alkyl halides is 2. The van der Waals surface area contributed by atoms with Crippen LogP contribution in [0.15, 0.2) is 42.5 Å². The molecule has 2 aromatic carbocycles. The first-order valence-electron chi connectivity index (χ1n) is 14.6. The molecule has 0 bridgehead atoms. The van der Waals surface area contributed by atoms with E-state index >= 15 is 8.78 Å². The lowest BCUT2D eigenvalue weighted by Crippen LogP contribution is -2.52. The van der Waals surface area contributed by atoms with Gasteiger partial charge < -0.3 is 19.4 Å². The number of methoxy groups -OCH3 is 1. The zero-order chi connectivity index (χ0) is 30.0. The molecule has 4 rings (SSSR count). The molecule has 38 heavy (non-hydrogen) atoms. The Bertz CT molecular complexity index is 1330. The van der Waals surface area contributed by atoms with Gasteiger partial charge in [-0.05, 0) is 56.5 Å². The number of esters is 1. The van der Waals surface area contributed by atoms with Crippen LogP contribution in [0.1, 0.15) is 65.7 Å². The van der Waals surface area contributed by atoms with Crippen molar-refractivity contribution in [2.45, 2.75) is 63.9 Å². The molecular weight excluding hydrogens is 488 g/mol. The van der Waals surface area contributed by atoms with Crippen molar-refractivity contribution in [3.8, 4) is 0 Å². The first-order valence-corrected chi connectivity index (χ1v) is 13.1. The van der Waals surface area contributed by atoms with Gasteiger partial charge in [-0.3, -0.25) is 0 Å². The number of aryl methyl sites for hydroxylation is 2. The molecule has 6 nitrogen and oxygen atoms in total. The third-order valence-corrected chi connectivity index (χ3v) is 7.36. The van der Waals surface area contributed by atoms with Gasteiger partial charge in [-0.2, -0.15) is 0 Å². The average molecular weight is 531 g/mol. The van der Waals surface area contributed by atoms with Crippen LogP contribution in [0.25, 0.3) is 11.0 Å². The van der Waals surface area contributed by atoms with Gasteiger partial charge in [0.15, 0.2) is 0 Å². The number of hydrogen-bond acceptors (Lipinski definition) is 5. The molecule has 8 heteroatoms. The van der Waals surface area contributed by atoms with Crippen LogP contribution < -0.4 is 0 Å². The van der Waals surface area contributed by atoms with Crippen LogP contribution in [0, 0.1) is 12.8 Å². The molecule has 3 aromatic rings. The molecule has 1 aromatic heterocycles. The summed E-state index contributed by atoms with van der Waals surface area (Å²) in [4.78, 5) is 21.9. The molecule has 1 aliphatic rings. The minimum atomic E-state index is -3.27. The maximum Gasteiger partial charge on any atom is 0.332 e. The fourth-order valence-electron chi connectivity index (χ4n) is 5.85. The monoisotopic (exact) mass is 530 g/mol. The summed E-state index contributed by atoms with van der Waals surface area (Å²) >= 11 is 0. The number of rotatable bonds is 11. The molecule has 0 amide bonds. The number of H-pyrrole nitrogens is 1. The lowest BCUT2D eigenvalue weighted by Gasteiger charge is -2.49. The van der Waals surface area contributed by atoms with E-state index in [-0.39, 0.29) is 37.6 Å². The van der Waals surface area contributed by atoms with Gasteiger partial charge in [0, 0.05) is 42.1 Å². The molecule has 0 saturated carbocycles. The van der Waals surface area contributed by atoms with Crippen LogP contribution >= 0.6 is 0 Å². The Morgan fingerprint density at radius 2 is 2.05 bits per heavy atom. The number of carbonyl (C=O) groups is 1. The summed E-state index contributed by atoms with van der Waals surface area (Å²) in [5, 5.41) is 0. The Kier molecular flexibility index (Phi) is 7.33. The number of benzene rings is 2. The zero-order valence-corrected chi connectivity index (χ0v) is 22.5. The summed E-state index contributed by atoms with van der Waals surface area (Å²) in [7, 11) is 1.33.